The molecule has 2 aliphatic heterocycles. The van der Waals surface area contributed by atoms with Gasteiger partial charge in [-0.1, -0.05) is 0 Å². The lowest BCUT2D eigenvalue weighted by atomic mass is 9.80. The van der Waals surface area contributed by atoms with Crippen LogP contribution in [0.3, 0.4) is 0 Å². The minimum Gasteiger partial charge on any atom is -0.469 e. The third kappa shape index (κ3) is 3.50. The van der Waals surface area contributed by atoms with Crippen LogP contribution in [0, 0.1) is 5.92 Å². The molecule has 0 aromatic carbocycles. The van der Waals surface area contributed by atoms with Crippen LogP contribution >= 0.6 is 23.7 Å². The van der Waals surface area contributed by atoms with Gasteiger partial charge >= 0.3 is 5.97 Å². The lowest BCUT2D eigenvalue weighted by Crippen LogP contribution is -2.46. The molecule has 3 heterocycles. The maximum absolute atomic E-state index is 12.6. The number of methoxy groups -OCH3 is 1. The molecule has 0 atom stereocenters. The van der Waals surface area contributed by atoms with Crippen LogP contribution in [-0.4, -0.2) is 44.7 Å². The van der Waals surface area contributed by atoms with Gasteiger partial charge < -0.3 is 20.1 Å². The molecule has 2 N–H and O–H groups in total. The highest BCUT2D eigenvalue weighted by Crippen LogP contribution is 2.43. The predicted molar refractivity (Wildman–Crippen MR) is 101 cm³/mol. The second-order valence-corrected chi connectivity index (χ2v) is 8.29. The third-order valence-corrected chi connectivity index (χ3v) is 6.84. The first-order valence-electron chi connectivity index (χ1n) is 8.98. The number of fused-ring (bicyclic) bond motifs is 2. The standard InChI is InChI=1S/C18H24N2O4S.ClH/c1-23-17(22)11-8-12(9-11)20-16(21)15-10-13-14(25-15)2-7-24-18(13)3-5-19-6-4-18;/h10-12,19H,2-9H2,1H3,(H,20,21);1H. The van der Waals surface area contributed by atoms with Gasteiger partial charge in [0, 0.05) is 17.3 Å². The minimum absolute atomic E-state index is 0. The summed E-state index contributed by atoms with van der Waals surface area (Å²) in [6, 6.07) is 2.11. The first-order valence-corrected chi connectivity index (χ1v) is 9.79. The van der Waals surface area contributed by atoms with E-state index in [0.29, 0.717) is 12.8 Å². The first kappa shape index (κ1) is 19.6. The van der Waals surface area contributed by atoms with Gasteiger partial charge in [0.1, 0.15) is 0 Å². The Bertz CT molecular complexity index is 681. The first-order chi connectivity index (χ1) is 12.1. The van der Waals surface area contributed by atoms with E-state index in [4.69, 9.17) is 9.47 Å². The molecule has 1 spiro atoms. The highest BCUT2D eigenvalue weighted by Gasteiger charge is 2.41. The van der Waals surface area contributed by atoms with Gasteiger partial charge in [-0.2, -0.15) is 0 Å². The second kappa shape index (κ2) is 7.84. The van der Waals surface area contributed by atoms with Crippen LogP contribution in [0.5, 0.6) is 0 Å². The molecule has 0 unspecified atom stereocenters. The lowest BCUT2D eigenvalue weighted by molar-refractivity contribution is -0.149. The fourth-order valence-corrected chi connectivity index (χ4v) is 5.26. The van der Waals surface area contributed by atoms with E-state index in [2.05, 4.69) is 10.6 Å². The smallest absolute Gasteiger partial charge is 0.308 e. The number of hydrogen-bond acceptors (Lipinski definition) is 6. The third-order valence-electron chi connectivity index (χ3n) is 5.65. The number of carbonyl (C=O) groups is 2. The maximum Gasteiger partial charge on any atom is 0.308 e. The van der Waals surface area contributed by atoms with Crippen molar-refractivity contribution in [3.05, 3.63) is 21.4 Å². The highest BCUT2D eigenvalue weighted by atomic mass is 35.5. The van der Waals surface area contributed by atoms with Crippen LogP contribution < -0.4 is 10.6 Å². The zero-order chi connectivity index (χ0) is 17.4. The van der Waals surface area contributed by atoms with E-state index < -0.39 is 0 Å². The SMILES string of the molecule is COC(=O)C1CC(NC(=O)c2cc3c(s2)CCOC32CCNCC2)C1.Cl. The van der Waals surface area contributed by atoms with Gasteiger partial charge in [0.25, 0.3) is 5.91 Å². The second-order valence-electron chi connectivity index (χ2n) is 7.15. The molecule has 1 aliphatic carbocycles. The molecule has 0 bridgehead atoms. The van der Waals surface area contributed by atoms with Crippen molar-refractivity contribution in [2.75, 3.05) is 26.8 Å². The van der Waals surface area contributed by atoms with Crippen molar-refractivity contribution < 1.29 is 19.1 Å². The summed E-state index contributed by atoms with van der Waals surface area (Å²) >= 11 is 1.60. The molecule has 1 saturated carbocycles. The van der Waals surface area contributed by atoms with E-state index in [1.165, 1.54) is 17.6 Å². The van der Waals surface area contributed by atoms with Gasteiger partial charge in [-0.05, 0) is 50.4 Å². The van der Waals surface area contributed by atoms with E-state index in [9.17, 15) is 9.59 Å². The van der Waals surface area contributed by atoms with Crippen LogP contribution in [0.15, 0.2) is 6.07 Å². The van der Waals surface area contributed by atoms with Crippen molar-refractivity contribution in [2.45, 2.75) is 43.7 Å². The van der Waals surface area contributed by atoms with Crippen molar-refractivity contribution in [3.8, 4) is 0 Å². The van der Waals surface area contributed by atoms with Crippen molar-refractivity contribution in [3.63, 3.8) is 0 Å². The summed E-state index contributed by atoms with van der Waals surface area (Å²) in [5.41, 5.74) is 1.01. The molecule has 1 amide bonds. The van der Waals surface area contributed by atoms with E-state index in [1.807, 2.05) is 6.07 Å². The van der Waals surface area contributed by atoms with E-state index in [-0.39, 0.29) is 41.8 Å². The molecule has 8 heteroatoms. The van der Waals surface area contributed by atoms with E-state index in [1.54, 1.807) is 11.3 Å². The fraction of sp³-hybridized carbons (Fsp3) is 0.667. The van der Waals surface area contributed by atoms with Gasteiger partial charge in [-0.3, -0.25) is 9.59 Å². The largest absolute Gasteiger partial charge is 0.469 e. The number of carbonyl (C=O) groups excluding carboxylic acids is 2. The Balaban J connectivity index is 0.00000196. The summed E-state index contributed by atoms with van der Waals surface area (Å²) in [5.74, 6) is -0.280. The molecule has 1 aromatic heterocycles. The topological polar surface area (TPSA) is 76.7 Å². The molecule has 2 fully saturated rings. The number of esters is 1. The molecule has 1 aromatic rings. The molecule has 0 radical (unpaired) electrons. The Morgan fingerprint density at radius 2 is 2.08 bits per heavy atom. The number of nitrogens with one attached hydrogen (secondary N) is 2. The van der Waals surface area contributed by atoms with Crippen LogP contribution in [0.1, 0.15) is 45.8 Å². The van der Waals surface area contributed by atoms with Crippen LogP contribution in [0.25, 0.3) is 0 Å². The number of amides is 1. The van der Waals surface area contributed by atoms with Gasteiger partial charge in [0.05, 0.1) is 30.1 Å². The number of rotatable bonds is 3. The fourth-order valence-electron chi connectivity index (χ4n) is 4.12. The van der Waals surface area contributed by atoms with E-state index in [0.717, 1.165) is 43.8 Å². The quantitative estimate of drug-likeness (QED) is 0.759. The number of hydrogen-bond donors (Lipinski definition) is 2. The highest BCUT2D eigenvalue weighted by molar-refractivity contribution is 7.14. The average Bonchev–Trinajstić information content (AvgIpc) is 3.04. The number of thiophene rings is 1. The van der Waals surface area contributed by atoms with Gasteiger partial charge in [-0.25, -0.2) is 0 Å². The number of piperidine rings is 1. The van der Waals surface area contributed by atoms with Crippen LogP contribution in [-0.2, 0) is 26.3 Å². The molecular weight excluding hydrogens is 376 g/mol. The average molecular weight is 401 g/mol. The summed E-state index contributed by atoms with van der Waals surface area (Å²) in [6.07, 6.45) is 4.14. The number of halogens is 1. The zero-order valence-electron chi connectivity index (χ0n) is 14.8. The Morgan fingerprint density at radius 3 is 2.77 bits per heavy atom. The Hall–Kier alpha value is -1.15. The monoisotopic (exact) mass is 400 g/mol. The summed E-state index contributed by atoms with van der Waals surface area (Å²) in [6.45, 7) is 2.64. The summed E-state index contributed by atoms with van der Waals surface area (Å²) in [7, 11) is 1.41. The summed E-state index contributed by atoms with van der Waals surface area (Å²) < 4.78 is 10.9. The Kier molecular flexibility index (Phi) is 5.91. The summed E-state index contributed by atoms with van der Waals surface area (Å²) in [4.78, 5) is 26.1. The molecular formula is C18H25ClN2O4S. The molecule has 3 aliphatic rings. The van der Waals surface area contributed by atoms with Crippen molar-refractivity contribution in [1.29, 1.82) is 0 Å². The molecule has 144 valence electrons. The van der Waals surface area contributed by atoms with Crippen molar-refractivity contribution >= 4 is 35.6 Å². The molecule has 1 saturated heterocycles. The van der Waals surface area contributed by atoms with Crippen molar-refractivity contribution in [2.24, 2.45) is 5.92 Å². The molecule has 26 heavy (non-hydrogen) atoms. The Morgan fingerprint density at radius 1 is 1.35 bits per heavy atom. The van der Waals surface area contributed by atoms with Gasteiger partial charge in [0.15, 0.2) is 0 Å². The summed E-state index contributed by atoms with van der Waals surface area (Å²) in [5, 5.41) is 6.44. The van der Waals surface area contributed by atoms with Gasteiger partial charge in [-0.15, -0.1) is 23.7 Å². The predicted octanol–water partition coefficient (Wildman–Crippen LogP) is 2.00. The van der Waals surface area contributed by atoms with Crippen LogP contribution in [0.2, 0.25) is 0 Å². The maximum atomic E-state index is 12.6. The zero-order valence-corrected chi connectivity index (χ0v) is 16.5. The van der Waals surface area contributed by atoms with Crippen molar-refractivity contribution in [1.82, 2.24) is 10.6 Å². The molecule has 4 rings (SSSR count). The van der Waals surface area contributed by atoms with Crippen LogP contribution in [0.4, 0.5) is 0 Å². The Labute approximate surface area is 163 Å². The minimum atomic E-state index is -0.208. The normalized spacial score (nSPS) is 26.2. The van der Waals surface area contributed by atoms with Gasteiger partial charge in [0.2, 0.25) is 0 Å². The molecule has 6 nitrogen and oxygen atoms in total. The van der Waals surface area contributed by atoms with E-state index >= 15 is 0 Å². The lowest BCUT2D eigenvalue weighted by Gasteiger charge is -2.40. The number of ether oxygens (including phenoxy) is 2.